The number of nitrogens with zero attached hydrogens (tertiary/aromatic N) is 2. The van der Waals surface area contributed by atoms with Crippen LogP contribution in [0.5, 0.6) is 11.5 Å². The van der Waals surface area contributed by atoms with Crippen molar-refractivity contribution in [3.63, 3.8) is 0 Å². The molecule has 162 valence electrons. The molecule has 1 amide bonds. The second-order valence-corrected chi connectivity index (χ2v) is 6.42. The number of hydrogen-bond acceptors (Lipinski definition) is 8. The summed E-state index contributed by atoms with van der Waals surface area (Å²) in [5.41, 5.74) is 5.16. The zero-order valence-electron chi connectivity index (χ0n) is 15.9. The van der Waals surface area contributed by atoms with Gasteiger partial charge in [-0.05, 0) is 19.1 Å². The lowest BCUT2D eigenvalue weighted by atomic mass is 10.1. The third-order valence-corrected chi connectivity index (χ3v) is 4.37. The number of nitrogens with one attached hydrogen (secondary N) is 1. The fourth-order valence-electron chi connectivity index (χ4n) is 2.68. The van der Waals surface area contributed by atoms with E-state index in [4.69, 9.17) is 19.9 Å². The van der Waals surface area contributed by atoms with E-state index in [2.05, 4.69) is 10.3 Å². The molecular formula is C18H20F2N4O6. The largest absolute Gasteiger partial charge is 0.454 e. The molecule has 3 rings (SSSR count). The number of amides is 1. The van der Waals surface area contributed by atoms with Crippen LogP contribution < -0.4 is 26.2 Å². The number of anilines is 2. The maximum Gasteiger partial charge on any atom is 0.351 e. The van der Waals surface area contributed by atoms with Gasteiger partial charge in [-0.2, -0.15) is 4.98 Å². The highest BCUT2D eigenvalue weighted by Gasteiger charge is 2.23. The molecular weight excluding hydrogens is 406 g/mol. The Labute approximate surface area is 169 Å². The zero-order chi connectivity index (χ0) is 21.8. The molecule has 0 radical (unpaired) electrons. The van der Waals surface area contributed by atoms with E-state index in [9.17, 15) is 23.5 Å². The number of alkyl halides is 2. The van der Waals surface area contributed by atoms with Crippen LogP contribution in [0.1, 0.15) is 23.5 Å². The second kappa shape index (κ2) is 9.05. The highest BCUT2D eigenvalue weighted by Crippen LogP contribution is 2.36. The van der Waals surface area contributed by atoms with Crippen LogP contribution in [0.3, 0.4) is 0 Å². The van der Waals surface area contributed by atoms with Gasteiger partial charge in [0.2, 0.25) is 6.79 Å². The Kier molecular flexibility index (Phi) is 6.47. The van der Waals surface area contributed by atoms with Crippen LogP contribution in [-0.2, 0) is 4.74 Å². The van der Waals surface area contributed by atoms with Crippen molar-refractivity contribution in [2.45, 2.75) is 25.4 Å². The molecule has 3 unspecified atom stereocenters. The average Bonchev–Trinajstić information content (AvgIpc) is 3.18. The first-order valence-electron chi connectivity index (χ1n) is 8.89. The molecule has 0 spiro atoms. The number of fused-ring (bicyclic) bond motifs is 1. The van der Waals surface area contributed by atoms with Crippen molar-refractivity contribution in [3.8, 4) is 11.5 Å². The Balaban J connectivity index is 1.75. The van der Waals surface area contributed by atoms with Crippen LogP contribution in [0.2, 0.25) is 0 Å². The monoisotopic (exact) mass is 426 g/mol. The molecule has 3 atom stereocenters. The Morgan fingerprint density at radius 3 is 2.70 bits per heavy atom. The predicted molar refractivity (Wildman–Crippen MR) is 101 cm³/mol. The van der Waals surface area contributed by atoms with Crippen LogP contribution in [0.4, 0.5) is 20.3 Å². The van der Waals surface area contributed by atoms with Gasteiger partial charge in [-0.15, -0.1) is 0 Å². The van der Waals surface area contributed by atoms with Crippen molar-refractivity contribution in [2.24, 2.45) is 0 Å². The Hall–Kier alpha value is -3.25. The molecule has 1 aliphatic rings. The van der Waals surface area contributed by atoms with E-state index in [-0.39, 0.29) is 23.9 Å². The number of hydrogen-bond donors (Lipinski definition) is 3. The van der Waals surface area contributed by atoms with Crippen molar-refractivity contribution in [1.82, 2.24) is 9.55 Å². The lowest BCUT2D eigenvalue weighted by molar-refractivity contribution is -0.110. The molecule has 10 nitrogen and oxygen atoms in total. The minimum Gasteiger partial charge on any atom is -0.454 e. The third kappa shape index (κ3) is 4.49. The molecule has 2 aromatic rings. The van der Waals surface area contributed by atoms with Crippen LogP contribution in [-0.4, -0.2) is 52.9 Å². The van der Waals surface area contributed by atoms with Crippen LogP contribution in [0, 0.1) is 0 Å². The smallest absolute Gasteiger partial charge is 0.351 e. The number of benzene rings is 1. The van der Waals surface area contributed by atoms with Crippen LogP contribution in [0.25, 0.3) is 0 Å². The summed E-state index contributed by atoms with van der Waals surface area (Å²) in [6, 6.07) is 4.10. The molecule has 30 heavy (non-hydrogen) atoms. The highest BCUT2D eigenvalue weighted by molar-refractivity contribution is 6.07. The van der Waals surface area contributed by atoms with Gasteiger partial charge in [0.05, 0.1) is 11.7 Å². The van der Waals surface area contributed by atoms with Gasteiger partial charge in [-0.1, -0.05) is 0 Å². The summed E-state index contributed by atoms with van der Waals surface area (Å²) in [4.78, 5) is 28.4. The van der Waals surface area contributed by atoms with Gasteiger partial charge in [-0.25, -0.2) is 13.6 Å². The van der Waals surface area contributed by atoms with Crippen molar-refractivity contribution < 1.29 is 32.9 Å². The van der Waals surface area contributed by atoms with Gasteiger partial charge >= 0.3 is 5.69 Å². The second-order valence-electron chi connectivity index (χ2n) is 6.42. The molecule has 1 aromatic carbocycles. The van der Waals surface area contributed by atoms with E-state index in [1.807, 2.05) is 0 Å². The molecule has 2 heterocycles. The van der Waals surface area contributed by atoms with E-state index in [1.165, 1.54) is 25.1 Å². The third-order valence-electron chi connectivity index (χ3n) is 4.37. The number of rotatable bonds is 8. The Morgan fingerprint density at radius 1 is 1.37 bits per heavy atom. The van der Waals surface area contributed by atoms with Gasteiger partial charge < -0.3 is 30.4 Å². The number of aliphatic hydroxyl groups is 1. The van der Waals surface area contributed by atoms with Crippen molar-refractivity contribution >= 4 is 17.4 Å². The van der Waals surface area contributed by atoms with E-state index in [0.717, 1.165) is 10.8 Å². The Bertz CT molecular complexity index is 986. The fraction of sp³-hybridized carbons (Fsp3) is 0.389. The number of aliphatic hydroxyl groups excluding tert-OH is 1. The van der Waals surface area contributed by atoms with E-state index < -0.39 is 43.4 Å². The minimum absolute atomic E-state index is 0.0123. The van der Waals surface area contributed by atoms with Gasteiger partial charge in [0, 0.05) is 18.0 Å². The minimum atomic E-state index is -1.46. The van der Waals surface area contributed by atoms with E-state index in [1.54, 1.807) is 0 Å². The summed E-state index contributed by atoms with van der Waals surface area (Å²) in [5.74, 6) is 0.0144. The molecule has 0 bridgehead atoms. The standard InChI is InChI=1S/C18H20F2N4O6/c1-9(12(25)6-19)30-16(7-20)24-3-2-15(23-18(24)27)22-17(26)10-4-13-14(5-11(10)21)29-8-28-13/h2-5,9,12,16,25H,6-8,21H2,1H3,(H,22,23,26,27). The average molecular weight is 426 g/mol. The van der Waals surface area contributed by atoms with E-state index >= 15 is 0 Å². The predicted octanol–water partition coefficient (Wildman–Crippen LogP) is 1.01. The van der Waals surface area contributed by atoms with Crippen molar-refractivity contribution in [1.29, 1.82) is 0 Å². The number of ether oxygens (including phenoxy) is 3. The molecule has 0 fully saturated rings. The SMILES string of the molecule is CC(OC(CF)n1ccc(NC(=O)c2cc3c(cc2N)OCO3)nc1=O)C(O)CF. The lowest BCUT2D eigenvalue weighted by Gasteiger charge is -2.23. The van der Waals surface area contributed by atoms with E-state index in [0.29, 0.717) is 11.5 Å². The first kappa shape index (κ1) is 21.5. The number of carbonyl (C=O) groups excluding carboxylic acids is 1. The Morgan fingerprint density at radius 2 is 2.07 bits per heavy atom. The summed E-state index contributed by atoms with van der Waals surface area (Å²) in [7, 11) is 0. The van der Waals surface area contributed by atoms with Crippen LogP contribution >= 0.6 is 0 Å². The normalized spacial score (nSPS) is 15.5. The summed E-state index contributed by atoms with van der Waals surface area (Å²) >= 11 is 0. The summed E-state index contributed by atoms with van der Waals surface area (Å²) in [6.07, 6.45) is -2.79. The van der Waals surface area contributed by atoms with Gasteiger partial charge in [0.1, 0.15) is 25.3 Å². The molecule has 0 saturated carbocycles. The number of nitrogens with two attached hydrogens (primary N) is 1. The molecule has 0 saturated heterocycles. The van der Waals surface area contributed by atoms with Crippen molar-refractivity contribution in [2.75, 3.05) is 31.2 Å². The molecule has 1 aliphatic heterocycles. The number of halogens is 2. The summed E-state index contributed by atoms with van der Waals surface area (Å²) in [5, 5.41) is 11.8. The highest BCUT2D eigenvalue weighted by atomic mass is 19.1. The zero-order valence-corrected chi connectivity index (χ0v) is 15.9. The topological polar surface area (TPSA) is 138 Å². The molecule has 4 N–H and O–H groups in total. The number of aromatic nitrogens is 2. The fourth-order valence-corrected chi connectivity index (χ4v) is 2.68. The molecule has 1 aromatic heterocycles. The quantitative estimate of drug-likeness (QED) is 0.532. The maximum absolute atomic E-state index is 13.3. The molecule has 0 aliphatic carbocycles. The molecule has 12 heteroatoms. The first-order chi connectivity index (χ1) is 14.3. The van der Waals surface area contributed by atoms with Crippen LogP contribution in [0.15, 0.2) is 29.2 Å². The number of nitrogen functional groups attached to an aromatic ring is 1. The van der Waals surface area contributed by atoms with Gasteiger partial charge in [0.15, 0.2) is 17.7 Å². The van der Waals surface area contributed by atoms with Crippen molar-refractivity contribution in [3.05, 3.63) is 40.4 Å². The summed E-state index contributed by atoms with van der Waals surface area (Å²) in [6.45, 7) is -0.847. The summed E-state index contributed by atoms with van der Waals surface area (Å²) < 4.78 is 42.3. The first-order valence-corrected chi connectivity index (χ1v) is 8.89. The van der Waals surface area contributed by atoms with Gasteiger partial charge in [0.25, 0.3) is 5.91 Å². The number of carbonyl (C=O) groups is 1. The van der Waals surface area contributed by atoms with Gasteiger partial charge in [-0.3, -0.25) is 9.36 Å². The maximum atomic E-state index is 13.3. The lowest BCUT2D eigenvalue weighted by Crippen LogP contribution is -2.36.